The molecule has 0 unspecified atom stereocenters. The van der Waals surface area contributed by atoms with E-state index in [1.54, 1.807) is 0 Å². The van der Waals surface area contributed by atoms with Crippen molar-refractivity contribution in [1.29, 1.82) is 15.8 Å². The predicted molar refractivity (Wildman–Crippen MR) is 129 cm³/mol. The van der Waals surface area contributed by atoms with Gasteiger partial charge in [-0.25, -0.2) is 0 Å². The summed E-state index contributed by atoms with van der Waals surface area (Å²) >= 11 is 0. The molecule has 0 N–H and O–H groups in total. The molecule has 4 aliphatic rings. The smallest absolute Gasteiger partial charge is 0.0991 e. The van der Waals surface area contributed by atoms with Crippen molar-refractivity contribution in [2.75, 3.05) is 18.9 Å². The summed E-state index contributed by atoms with van der Waals surface area (Å²) in [6, 6.07) is 30.6. The molecule has 7 rings (SSSR count). The molecular formula is C27H21N6P. The number of nitriles is 3. The highest BCUT2D eigenvalue weighted by atomic mass is 31.1. The minimum Gasteiger partial charge on any atom is -0.260 e. The van der Waals surface area contributed by atoms with Gasteiger partial charge in [0.2, 0.25) is 0 Å². The van der Waals surface area contributed by atoms with Crippen LogP contribution in [-0.4, -0.2) is 33.6 Å². The van der Waals surface area contributed by atoms with Crippen molar-refractivity contribution >= 4 is 7.92 Å². The van der Waals surface area contributed by atoms with Gasteiger partial charge < -0.3 is 0 Å². The van der Waals surface area contributed by atoms with Crippen LogP contribution in [0.15, 0.2) is 72.8 Å². The minimum atomic E-state index is -0.170. The van der Waals surface area contributed by atoms with E-state index in [0.29, 0.717) is 16.7 Å². The Morgan fingerprint density at radius 3 is 1.00 bits per heavy atom. The van der Waals surface area contributed by atoms with Crippen LogP contribution in [0.3, 0.4) is 0 Å². The molecular weight excluding hydrogens is 439 g/mol. The molecule has 4 saturated heterocycles. The van der Waals surface area contributed by atoms with Gasteiger partial charge in [0.05, 0.1) is 53.4 Å². The molecule has 7 heteroatoms. The second kappa shape index (κ2) is 8.34. The molecule has 6 nitrogen and oxygen atoms in total. The summed E-state index contributed by atoms with van der Waals surface area (Å²) in [5.41, 5.74) is 5.56. The van der Waals surface area contributed by atoms with Crippen LogP contribution in [0.25, 0.3) is 0 Å². The molecule has 4 heterocycles. The third-order valence-corrected chi connectivity index (χ3v) is 9.17. The van der Waals surface area contributed by atoms with Crippen LogP contribution in [0.1, 0.15) is 51.9 Å². The van der Waals surface area contributed by atoms with E-state index < -0.39 is 0 Å². The molecule has 0 saturated carbocycles. The second-order valence-corrected chi connectivity index (χ2v) is 11.2. The summed E-state index contributed by atoms with van der Waals surface area (Å²) in [7, 11) is -0.170. The predicted octanol–water partition coefficient (Wildman–Crippen LogP) is 5.00. The fourth-order valence-corrected chi connectivity index (χ4v) is 8.18. The van der Waals surface area contributed by atoms with Gasteiger partial charge in [0, 0.05) is 18.9 Å². The Kier molecular flexibility index (Phi) is 5.15. The van der Waals surface area contributed by atoms with Gasteiger partial charge in [-0.3, -0.25) is 14.7 Å². The largest absolute Gasteiger partial charge is 0.260 e. The second-order valence-electron chi connectivity index (χ2n) is 8.96. The molecule has 4 fully saturated rings. The van der Waals surface area contributed by atoms with Crippen LogP contribution in [0.4, 0.5) is 0 Å². The van der Waals surface area contributed by atoms with Gasteiger partial charge in [-0.1, -0.05) is 44.3 Å². The third kappa shape index (κ3) is 3.31. The molecule has 0 amide bonds. The molecule has 3 aromatic carbocycles. The fraction of sp³-hybridized carbons (Fsp3) is 0.222. The summed E-state index contributed by atoms with van der Waals surface area (Å²) in [5.74, 6) is 0. The Balaban J connectivity index is 1.48. The Morgan fingerprint density at radius 2 is 0.765 bits per heavy atom. The summed E-state index contributed by atoms with van der Waals surface area (Å²) < 4.78 is 0. The van der Waals surface area contributed by atoms with Gasteiger partial charge in [-0.2, -0.15) is 15.8 Å². The van der Waals surface area contributed by atoms with E-state index >= 15 is 0 Å². The monoisotopic (exact) mass is 460 g/mol. The van der Waals surface area contributed by atoms with E-state index in [9.17, 15) is 15.8 Å². The van der Waals surface area contributed by atoms with E-state index in [2.05, 4.69) is 69.3 Å². The number of benzene rings is 3. The summed E-state index contributed by atoms with van der Waals surface area (Å²) in [6.07, 6.45) is 3.46. The van der Waals surface area contributed by atoms with E-state index in [-0.39, 0.29) is 26.4 Å². The van der Waals surface area contributed by atoms with Crippen LogP contribution in [0.2, 0.25) is 0 Å². The summed E-state index contributed by atoms with van der Waals surface area (Å²) in [5, 5.41) is 27.9. The van der Waals surface area contributed by atoms with Crippen LogP contribution in [0, 0.1) is 34.0 Å². The summed E-state index contributed by atoms with van der Waals surface area (Å²) in [6.45, 7) is 0. The lowest BCUT2D eigenvalue weighted by Gasteiger charge is -2.67. The maximum Gasteiger partial charge on any atom is 0.0991 e. The lowest BCUT2D eigenvalue weighted by molar-refractivity contribution is -0.182. The minimum absolute atomic E-state index is 0.0873. The Hall–Kier alpha value is -3.56. The van der Waals surface area contributed by atoms with E-state index in [4.69, 9.17) is 0 Å². The zero-order valence-corrected chi connectivity index (χ0v) is 19.3. The Labute approximate surface area is 200 Å². The Bertz CT molecular complexity index is 1170. The van der Waals surface area contributed by atoms with Gasteiger partial charge in [-0.05, 0) is 53.1 Å². The SMILES string of the molecule is N#Cc1ccc(C2N3CP4CN2C(c2ccc(C#N)cc2)N(C4)C3c2ccc(C#N)cc2)cc1. The molecule has 4 aliphatic heterocycles. The highest BCUT2D eigenvalue weighted by molar-refractivity contribution is 7.57. The van der Waals surface area contributed by atoms with E-state index in [0.717, 1.165) is 18.9 Å². The standard InChI is InChI=1S/C27H21N6P/c28-13-19-1-7-22(8-2-19)25-31-16-34-17-32(25)27(24-11-5-21(15-30)6-12-24)33(18-34)26(31)23-9-3-20(14-29)4-10-23/h1-12,25-27H,16-18H2. The zero-order valence-electron chi connectivity index (χ0n) is 18.4. The highest BCUT2D eigenvalue weighted by Crippen LogP contribution is 2.63. The Morgan fingerprint density at radius 1 is 0.500 bits per heavy atom. The molecule has 0 aromatic heterocycles. The van der Waals surface area contributed by atoms with Crippen LogP contribution in [0.5, 0.6) is 0 Å². The topological polar surface area (TPSA) is 81.1 Å². The molecule has 34 heavy (non-hydrogen) atoms. The molecule has 4 bridgehead atoms. The molecule has 0 aliphatic carbocycles. The van der Waals surface area contributed by atoms with Gasteiger partial charge in [0.25, 0.3) is 0 Å². The zero-order chi connectivity index (χ0) is 23.2. The maximum atomic E-state index is 9.29. The van der Waals surface area contributed by atoms with Gasteiger partial charge >= 0.3 is 0 Å². The highest BCUT2D eigenvalue weighted by Gasteiger charge is 2.55. The van der Waals surface area contributed by atoms with E-state index in [1.807, 2.05) is 36.4 Å². The number of hydrogen-bond donors (Lipinski definition) is 0. The third-order valence-electron chi connectivity index (χ3n) is 6.99. The summed E-state index contributed by atoms with van der Waals surface area (Å²) in [4.78, 5) is 7.75. The van der Waals surface area contributed by atoms with Crippen LogP contribution < -0.4 is 0 Å². The number of rotatable bonds is 3. The first-order chi connectivity index (χ1) is 16.7. The number of hydrogen-bond acceptors (Lipinski definition) is 6. The van der Waals surface area contributed by atoms with Gasteiger partial charge in [-0.15, -0.1) is 0 Å². The molecule has 0 radical (unpaired) electrons. The van der Waals surface area contributed by atoms with Crippen molar-refractivity contribution in [2.24, 2.45) is 0 Å². The van der Waals surface area contributed by atoms with Crippen molar-refractivity contribution in [3.05, 3.63) is 106 Å². The average molecular weight is 460 g/mol. The van der Waals surface area contributed by atoms with Crippen molar-refractivity contribution < 1.29 is 0 Å². The normalized spacial score (nSPS) is 30.8. The lowest BCUT2D eigenvalue weighted by atomic mass is 9.98. The van der Waals surface area contributed by atoms with Gasteiger partial charge in [0.15, 0.2) is 0 Å². The number of nitrogens with zero attached hydrogens (tertiary/aromatic N) is 6. The van der Waals surface area contributed by atoms with Gasteiger partial charge in [0.1, 0.15) is 0 Å². The maximum absolute atomic E-state index is 9.29. The van der Waals surface area contributed by atoms with E-state index in [1.165, 1.54) is 16.7 Å². The molecule has 0 atom stereocenters. The molecule has 3 aromatic rings. The average Bonchev–Trinajstić information content (AvgIpc) is 2.89. The first kappa shape index (κ1) is 21.0. The lowest BCUT2D eigenvalue weighted by Crippen LogP contribution is -2.66. The first-order valence-electron chi connectivity index (χ1n) is 11.2. The van der Waals surface area contributed by atoms with Crippen molar-refractivity contribution in [1.82, 2.24) is 14.7 Å². The van der Waals surface area contributed by atoms with Crippen molar-refractivity contribution in [3.63, 3.8) is 0 Å². The fourth-order valence-electron chi connectivity index (χ4n) is 5.60. The molecule has 0 spiro atoms. The van der Waals surface area contributed by atoms with Crippen LogP contribution >= 0.6 is 7.92 Å². The quantitative estimate of drug-likeness (QED) is 0.512. The van der Waals surface area contributed by atoms with Crippen LogP contribution in [-0.2, 0) is 0 Å². The first-order valence-corrected chi connectivity index (χ1v) is 13.1. The van der Waals surface area contributed by atoms with Crippen molar-refractivity contribution in [3.8, 4) is 18.2 Å². The molecule has 164 valence electrons. The van der Waals surface area contributed by atoms with Crippen molar-refractivity contribution in [2.45, 2.75) is 18.5 Å².